The number of aliphatic hydroxyl groups is 1. The number of carbonyl (C=O) groups is 2. The standard InChI is InChI=1S/C17H21NO4S/c1-10(19)12-14(20)18-13(17(2,3)23-15(12)18)16(21)22-9-11-7-5-4-6-8-11/h4-8,10,12-13,15,19H,9H2,1-3H3/t10-,12-,13+,15-/m1/s1. The number of carbonyl (C=O) groups excluding carboxylic acids is 2. The van der Waals surface area contributed by atoms with E-state index in [9.17, 15) is 14.7 Å². The van der Waals surface area contributed by atoms with Crippen LogP contribution in [0.5, 0.6) is 0 Å². The van der Waals surface area contributed by atoms with Crippen LogP contribution in [-0.4, -0.2) is 44.1 Å². The fourth-order valence-corrected chi connectivity index (χ4v) is 5.07. The Hall–Kier alpha value is -1.53. The summed E-state index contributed by atoms with van der Waals surface area (Å²) in [5.41, 5.74) is 0.914. The molecule has 2 saturated heterocycles. The Bertz CT molecular complexity index is 616. The van der Waals surface area contributed by atoms with Gasteiger partial charge in [0.2, 0.25) is 5.91 Å². The van der Waals surface area contributed by atoms with Crippen molar-refractivity contribution < 1.29 is 19.4 Å². The summed E-state index contributed by atoms with van der Waals surface area (Å²) < 4.78 is 5.00. The van der Waals surface area contributed by atoms with E-state index in [0.717, 1.165) is 5.56 Å². The van der Waals surface area contributed by atoms with Crippen molar-refractivity contribution in [3.63, 3.8) is 0 Å². The Morgan fingerprint density at radius 1 is 1.39 bits per heavy atom. The highest BCUT2D eigenvalue weighted by Crippen LogP contribution is 2.54. The van der Waals surface area contributed by atoms with Crippen LogP contribution in [0, 0.1) is 5.92 Å². The molecule has 1 aromatic carbocycles. The Kier molecular flexibility index (Phi) is 4.14. The molecule has 0 saturated carbocycles. The number of fused-ring (bicyclic) bond motifs is 1. The van der Waals surface area contributed by atoms with Crippen LogP contribution < -0.4 is 0 Å². The fraction of sp³-hybridized carbons (Fsp3) is 0.529. The minimum atomic E-state index is -0.703. The summed E-state index contributed by atoms with van der Waals surface area (Å²) in [6.45, 7) is 5.70. The number of aliphatic hydroxyl groups excluding tert-OH is 1. The number of benzene rings is 1. The molecular weight excluding hydrogens is 314 g/mol. The lowest BCUT2D eigenvalue weighted by molar-refractivity contribution is -0.171. The molecule has 0 bridgehead atoms. The predicted octanol–water partition coefficient (Wildman–Crippen LogP) is 1.79. The average Bonchev–Trinajstić information content (AvgIpc) is 2.73. The van der Waals surface area contributed by atoms with Crippen molar-refractivity contribution >= 4 is 23.6 Å². The van der Waals surface area contributed by atoms with Gasteiger partial charge in [0.15, 0.2) is 0 Å². The highest BCUT2D eigenvalue weighted by molar-refractivity contribution is 8.01. The van der Waals surface area contributed by atoms with E-state index in [1.165, 1.54) is 0 Å². The molecule has 124 valence electrons. The van der Waals surface area contributed by atoms with Crippen molar-refractivity contribution in [3.05, 3.63) is 35.9 Å². The second-order valence-electron chi connectivity index (χ2n) is 6.62. The molecule has 2 heterocycles. The summed E-state index contributed by atoms with van der Waals surface area (Å²) in [5, 5.41) is 9.61. The summed E-state index contributed by atoms with van der Waals surface area (Å²) in [6, 6.07) is 8.86. The van der Waals surface area contributed by atoms with Gasteiger partial charge in [0.25, 0.3) is 0 Å². The molecule has 4 atom stereocenters. The van der Waals surface area contributed by atoms with E-state index in [0.29, 0.717) is 0 Å². The quantitative estimate of drug-likeness (QED) is 0.671. The number of hydrogen-bond acceptors (Lipinski definition) is 5. The van der Waals surface area contributed by atoms with Gasteiger partial charge in [-0.1, -0.05) is 30.3 Å². The zero-order valence-electron chi connectivity index (χ0n) is 13.4. The maximum atomic E-state index is 12.6. The number of nitrogens with zero attached hydrogens (tertiary/aromatic N) is 1. The van der Waals surface area contributed by atoms with Crippen molar-refractivity contribution in [2.75, 3.05) is 0 Å². The van der Waals surface area contributed by atoms with Crippen LogP contribution in [0.25, 0.3) is 0 Å². The zero-order valence-corrected chi connectivity index (χ0v) is 14.2. The number of rotatable bonds is 4. The largest absolute Gasteiger partial charge is 0.459 e. The van der Waals surface area contributed by atoms with Gasteiger partial charge < -0.3 is 14.7 Å². The first kappa shape index (κ1) is 16.3. The summed E-state index contributed by atoms with van der Waals surface area (Å²) in [4.78, 5) is 26.4. The Balaban J connectivity index is 1.71. The number of β-lactam (4-membered cyclic amide) rings is 1. The number of amides is 1. The van der Waals surface area contributed by atoms with Crippen LogP contribution in [0.4, 0.5) is 0 Å². The van der Waals surface area contributed by atoms with Crippen molar-refractivity contribution in [1.29, 1.82) is 0 Å². The number of esters is 1. The molecule has 2 fully saturated rings. The molecule has 0 radical (unpaired) electrons. The minimum absolute atomic E-state index is 0.147. The lowest BCUT2D eigenvalue weighted by Crippen LogP contribution is -2.65. The predicted molar refractivity (Wildman–Crippen MR) is 87.5 cm³/mol. The van der Waals surface area contributed by atoms with Crippen LogP contribution in [0.15, 0.2) is 30.3 Å². The minimum Gasteiger partial charge on any atom is -0.459 e. The number of thioether (sulfide) groups is 1. The first-order valence-corrected chi connectivity index (χ1v) is 8.59. The fourth-order valence-electron chi connectivity index (χ4n) is 3.27. The third-order valence-corrected chi connectivity index (χ3v) is 6.04. The van der Waals surface area contributed by atoms with Crippen molar-refractivity contribution in [3.8, 4) is 0 Å². The summed E-state index contributed by atoms with van der Waals surface area (Å²) in [5.74, 6) is -0.970. The lowest BCUT2D eigenvalue weighted by Gasteiger charge is -2.45. The van der Waals surface area contributed by atoms with Crippen LogP contribution >= 0.6 is 11.8 Å². The second-order valence-corrected chi connectivity index (χ2v) is 8.39. The van der Waals surface area contributed by atoms with Crippen LogP contribution in [0.2, 0.25) is 0 Å². The van der Waals surface area contributed by atoms with E-state index < -0.39 is 22.8 Å². The van der Waals surface area contributed by atoms with E-state index in [-0.39, 0.29) is 23.9 Å². The van der Waals surface area contributed by atoms with Crippen molar-refractivity contribution in [2.45, 2.75) is 49.6 Å². The topological polar surface area (TPSA) is 66.8 Å². The molecule has 2 aliphatic heterocycles. The summed E-state index contributed by atoms with van der Waals surface area (Å²) in [7, 11) is 0. The molecule has 0 unspecified atom stereocenters. The lowest BCUT2D eigenvalue weighted by atomic mass is 9.88. The van der Waals surface area contributed by atoms with E-state index in [1.54, 1.807) is 23.6 Å². The van der Waals surface area contributed by atoms with Crippen LogP contribution in [-0.2, 0) is 20.9 Å². The second kappa shape index (κ2) is 5.83. The monoisotopic (exact) mass is 335 g/mol. The molecule has 0 aromatic heterocycles. The van der Waals surface area contributed by atoms with E-state index in [1.807, 2.05) is 44.2 Å². The van der Waals surface area contributed by atoms with Gasteiger partial charge in [-0.05, 0) is 26.3 Å². The van der Waals surface area contributed by atoms with E-state index >= 15 is 0 Å². The highest BCUT2D eigenvalue weighted by Gasteiger charge is 2.64. The Morgan fingerprint density at radius 3 is 2.65 bits per heavy atom. The van der Waals surface area contributed by atoms with Crippen molar-refractivity contribution in [1.82, 2.24) is 4.90 Å². The molecular formula is C17H21NO4S. The van der Waals surface area contributed by atoms with Gasteiger partial charge >= 0.3 is 5.97 Å². The molecule has 0 aliphatic carbocycles. The van der Waals surface area contributed by atoms with Gasteiger partial charge in [-0.3, -0.25) is 4.79 Å². The van der Waals surface area contributed by atoms with Gasteiger partial charge in [-0.2, -0.15) is 0 Å². The molecule has 23 heavy (non-hydrogen) atoms. The van der Waals surface area contributed by atoms with Crippen LogP contribution in [0.3, 0.4) is 0 Å². The van der Waals surface area contributed by atoms with Gasteiger partial charge in [0, 0.05) is 4.75 Å². The summed E-state index contributed by atoms with van der Waals surface area (Å²) >= 11 is 1.56. The normalized spacial score (nSPS) is 29.7. The SMILES string of the molecule is C[C@@H](O)[C@@H]1C(=O)N2[C@@H]1SC(C)(C)[C@@H]2C(=O)OCc1ccccc1. The van der Waals surface area contributed by atoms with E-state index in [2.05, 4.69) is 0 Å². The van der Waals surface area contributed by atoms with Gasteiger partial charge in [-0.15, -0.1) is 11.8 Å². The van der Waals surface area contributed by atoms with Crippen LogP contribution in [0.1, 0.15) is 26.3 Å². The zero-order chi connectivity index (χ0) is 16.8. The molecule has 2 aliphatic rings. The maximum absolute atomic E-state index is 12.6. The number of ether oxygens (including phenoxy) is 1. The molecule has 1 aromatic rings. The third kappa shape index (κ3) is 2.74. The van der Waals surface area contributed by atoms with Gasteiger partial charge in [0.05, 0.1) is 17.4 Å². The van der Waals surface area contributed by atoms with E-state index in [4.69, 9.17) is 4.74 Å². The Morgan fingerprint density at radius 2 is 2.04 bits per heavy atom. The average molecular weight is 335 g/mol. The first-order chi connectivity index (χ1) is 10.8. The molecule has 0 spiro atoms. The van der Waals surface area contributed by atoms with Gasteiger partial charge in [0.1, 0.15) is 12.6 Å². The molecule has 1 N–H and O–H groups in total. The maximum Gasteiger partial charge on any atom is 0.330 e. The Labute approximate surface area is 140 Å². The molecule has 3 rings (SSSR count). The first-order valence-electron chi connectivity index (χ1n) is 7.71. The highest BCUT2D eigenvalue weighted by atomic mass is 32.2. The number of hydrogen-bond donors (Lipinski definition) is 1. The van der Waals surface area contributed by atoms with Crippen molar-refractivity contribution in [2.24, 2.45) is 5.92 Å². The summed E-state index contributed by atoms with van der Waals surface area (Å²) in [6.07, 6.45) is -0.703. The third-order valence-electron chi connectivity index (χ3n) is 4.45. The molecule has 5 nitrogen and oxygen atoms in total. The smallest absolute Gasteiger partial charge is 0.330 e. The molecule has 1 amide bonds. The molecule has 6 heteroatoms. The van der Waals surface area contributed by atoms with Gasteiger partial charge in [-0.25, -0.2) is 4.79 Å².